The number of halogens is 2. The van der Waals surface area contributed by atoms with Gasteiger partial charge in [-0.2, -0.15) is 0 Å². The summed E-state index contributed by atoms with van der Waals surface area (Å²) in [4.78, 5) is 28.3. The lowest BCUT2D eigenvalue weighted by Crippen LogP contribution is -2.38. The van der Waals surface area contributed by atoms with E-state index >= 15 is 0 Å². The fraction of sp³-hybridized carbons (Fsp3) is 0.529. The van der Waals surface area contributed by atoms with Crippen molar-refractivity contribution in [1.82, 2.24) is 24.8 Å². The Hall–Kier alpha value is -2.36. The van der Waals surface area contributed by atoms with Gasteiger partial charge in [0.15, 0.2) is 5.69 Å². The Labute approximate surface area is 158 Å². The van der Waals surface area contributed by atoms with Crippen LogP contribution in [0.2, 0.25) is 0 Å². The van der Waals surface area contributed by atoms with Gasteiger partial charge in [0.05, 0.1) is 30.2 Å². The van der Waals surface area contributed by atoms with Crippen molar-refractivity contribution >= 4 is 23.2 Å². The molecule has 0 saturated carbocycles. The van der Waals surface area contributed by atoms with E-state index in [0.717, 1.165) is 12.8 Å². The Morgan fingerprint density at radius 3 is 2.74 bits per heavy atom. The van der Waals surface area contributed by atoms with E-state index in [2.05, 4.69) is 10.3 Å². The summed E-state index contributed by atoms with van der Waals surface area (Å²) >= 11 is 1.23. The average molecular weight is 395 g/mol. The smallest absolute Gasteiger partial charge is 0.276 e. The first-order chi connectivity index (χ1) is 12.9. The Kier molecular flexibility index (Phi) is 4.67. The van der Waals surface area contributed by atoms with Crippen LogP contribution >= 0.6 is 11.3 Å². The number of likely N-dealkylation sites (tertiary alicyclic amines) is 2. The minimum absolute atomic E-state index is 0.0764. The summed E-state index contributed by atoms with van der Waals surface area (Å²) in [6.07, 6.45) is 2.98. The number of nitrogens with zero attached hydrogens (tertiary/aromatic N) is 5. The van der Waals surface area contributed by atoms with Crippen molar-refractivity contribution in [3.63, 3.8) is 0 Å². The lowest BCUT2D eigenvalue weighted by molar-refractivity contribution is 0.0118. The molecule has 2 amide bonds. The Morgan fingerprint density at radius 2 is 2.04 bits per heavy atom. The summed E-state index contributed by atoms with van der Waals surface area (Å²) in [5.41, 5.74) is 0.206. The van der Waals surface area contributed by atoms with Gasteiger partial charge in [-0.1, -0.05) is 11.3 Å². The average Bonchev–Trinajstić information content (AvgIpc) is 3.41. The van der Waals surface area contributed by atoms with Gasteiger partial charge in [-0.15, -0.1) is 16.4 Å². The Morgan fingerprint density at radius 1 is 1.26 bits per heavy atom. The van der Waals surface area contributed by atoms with E-state index < -0.39 is 30.8 Å². The maximum Gasteiger partial charge on any atom is 0.276 e. The van der Waals surface area contributed by atoms with Crippen LogP contribution in [-0.2, 0) is 6.54 Å². The number of hydrogen-bond donors (Lipinski definition) is 0. The molecule has 4 rings (SSSR count). The first kappa shape index (κ1) is 18.0. The number of carbonyl (C=O) groups excluding carboxylic acids is 2. The molecular formula is C17H19F2N5O2S. The molecule has 27 heavy (non-hydrogen) atoms. The number of thiophene rings is 1. The summed E-state index contributed by atoms with van der Waals surface area (Å²) in [7, 11) is 0. The monoisotopic (exact) mass is 395 g/mol. The number of hydrogen-bond acceptors (Lipinski definition) is 5. The molecule has 2 aliphatic rings. The SMILES string of the molecule is O=C(c1cn(CC2CC(F)(F)CN2C(=O)c2cccs2)nn1)N1CCCC1. The molecule has 0 bridgehead atoms. The molecule has 0 N–H and O–H groups in total. The van der Waals surface area contributed by atoms with Gasteiger partial charge in [-0.3, -0.25) is 9.59 Å². The molecule has 0 aromatic carbocycles. The second-order valence-corrected chi connectivity index (χ2v) is 7.90. The van der Waals surface area contributed by atoms with Crippen LogP contribution in [0.25, 0.3) is 0 Å². The van der Waals surface area contributed by atoms with Gasteiger partial charge in [-0.05, 0) is 24.3 Å². The molecule has 4 heterocycles. The van der Waals surface area contributed by atoms with E-state index in [0.29, 0.717) is 18.0 Å². The third kappa shape index (κ3) is 3.71. The standard InChI is InChI=1S/C17H19F2N5O2S/c18-17(19)8-12(24(11-17)16(26)14-4-3-7-27-14)9-23-10-13(20-21-23)15(25)22-5-1-2-6-22/h3-4,7,10,12H,1-2,5-6,8-9,11H2. The molecule has 2 fully saturated rings. The van der Waals surface area contributed by atoms with Crippen molar-refractivity contribution in [2.24, 2.45) is 0 Å². The van der Waals surface area contributed by atoms with E-state index in [1.54, 1.807) is 22.4 Å². The van der Waals surface area contributed by atoms with Crippen LogP contribution < -0.4 is 0 Å². The third-order valence-electron chi connectivity index (χ3n) is 4.92. The molecule has 2 aliphatic heterocycles. The van der Waals surface area contributed by atoms with Crippen LogP contribution in [0.1, 0.15) is 39.4 Å². The number of amides is 2. The van der Waals surface area contributed by atoms with Gasteiger partial charge in [-0.25, -0.2) is 13.5 Å². The van der Waals surface area contributed by atoms with Crippen molar-refractivity contribution in [2.75, 3.05) is 19.6 Å². The molecule has 1 atom stereocenters. The maximum atomic E-state index is 14.0. The molecule has 2 aromatic heterocycles. The first-order valence-electron chi connectivity index (χ1n) is 8.85. The van der Waals surface area contributed by atoms with Crippen LogP contribution in [0.3, 0.4) is 0 Å². The summed E-state index contributed by atoms with van der Waals surface area (Å²) in [6, 6.07) is 2.64. The van der Waals surface area contributed by atoms with Crippen LogP contribution in [0, 0.1) is 0 Å². The molecule has 1 unspecified atom stereocenters. The summed E-state index contributed by atoms with van der Waals surface area (Å²) in [5.74, 6) is -3.53. The van der Waals surface area contributed by atoms with Crippen LogP contribution in [0.15, 0.2) is 23.7 Å². The van der Waals surface area contributed by atoms with Gasteiger partial charge in [0, 0.05) is 19.5 Å². The molecule has 0 spiro atoms. The van der Waals surface area contributed by atoms with Gasteiger partial charge in [0.25, 0.3) is 17.7 Å². The number of aromatic nitrogens is 3. The van der Waals surface area contributed by atoms with Crippen molar-refractivity contribution in [3.8, 4) is 0 Å². The second-order valence-electron chi connectivity index (χ2n) is 6.95. The predicted molar refractivity (Wildman–Crippen MR) is 93.9 cm³/mol. The van der Waals surface area contributed by atoms with Crippen molar-refractivity contribution < 1.29 is 18.4 Å². The second kappa shape index (κ2) is 6.99. The van der Waals surface area contributed by atoms with Gasteiger partial charge in [0.1, 0.15) is 0 Å². The fourth-order valence-electron chi connectivity index (χ4n) is 3.62. The number of carbonyl (C=O) groups is 2. The highest BCUT2D eigenvalue weighted by molar-refractivity contribution is 7.12. The highest BCUT2D eigenvalue weighted by atomic mass is 32.1. The zero-order chi connectivity index (χ0) is 19.0. The van der Waals surface area contributed by atoms with Crippen LogP contribution in [0.5, 0.6) is 0 Å². The Bertz CT molecular complexity index is 832. The highest BCUT2D eigenvalue weighted by Gasteiger charge is 2.47. The van der Waals surface area contributed by atoms with Crippen molar-refractivity contribution in [2.45, 2.75) is 37.8 Å². The summed E-state index contributed by atoms with van der Waals surface area (Å²) in [6.45, 7) is 0.864. The zero-order valence-corrected chi connectivity index (χ0v) is 15.4. The zero-order valence-electron chi connectivity index (χ0n) is 14.6. The number of alkyl halides is 2. The normalized spacial score (nSPS) is 21.8. The lowest BCUT2D eigenvalue weighted by Gasteiger charge is -2.23. The first-order valence-corrected chi connectivity index (χ1v) is 9.73. The van der Waals surface area contributed by atoms with E-state index in [1.807, 2.05) is 0 Å². The molecule has 0 radical (unpaired) electrons. The molecule has 144 valence electrons. The van der Waals surface area contributed by atoms with Gasteiger partial charge < -0.3 is 9.80 Å². The minimum Gasteiger partial charge on any atom is -0.337 e. The lowest BCUT2D eigenvalue weighted by atomic mass is 10.2. The highest BCUT2D eigenvalue weighted by Crippen LogP contribution is 2.34. The molecule has 2 aromatic rings. The Balaban J connectivity index is 1.48. The molecular weight excluding hydrogens is 376 g/mol. The fourth-order valence-corrected chi connectivity index (χ4v) is 4.30. The quantitative estimate of drug-likeness (QED) is 0.795. The minimum atomic E-state index is -2.94. The largest absolute Gasteiger partial charge is 0.337 e. The topological polar surface area (TPSA) is 71.3 Å². The van der Waals surface area contributed by atoms with E-state index in [9.17, 15) is 18.4 Å². The van der Waals surface area contributed by atoms with Gasteiger partial charge >= 0.3 is 0 Å². The van der Waals surface area contributed by atoms with Crippen LogP contribution in [0.4, 0.5) is 8.78 Å². The predicted octanol–water partition coefficient (Wildman–Crippen LogP) is 2.13. The van der Waals surface area contributed by atoms with E-state index in [4.69, 9.17) is 0 Å². The van der Waals surface area contributed by atoms with Crippen molar-refractivity contribution in [3.05, 3.63) is 34.3 Å². The number of rotatable bonds is 4. The van der Waals surface area contributed by atoms with Gasteiger partial charge in [0.2, 0.25) is 0 Å². The molecule has 7 nitrogen and oxygen atoms in total. The molecule has 2 saturated heterocycles. The summed E-state index contributed by atoms with van der Waals surface area (Å²) < 4.78 is 29.4. The van der Waals surface area contributed by atoms with E-state index in [1.165, 1.54) is 27.1 Å². The maximum absolute atomic E-state index is 14.0. The van der Waals surface area contributed by atoms with Crippen LogP contribution in [-0.4, -0.2) is 68.2 Å². The molecule has 0 aliphatic carbocycles. The van der Waals surface area contributed by atoms with E-state index in [-0.39, 0.29) is 18.1 Å². The summed E-state index contributed by atoms with van der Waals surface area (Å²) in [5, 5.41) is 9.55. The molecule has 10 heteroatoms. The van der Waals surface area contributed by atoms with Crippen molar-refractivity contribution in [1.29, 1.82) is 0 Å². The third-order valence-corrected chi connectivity index (χ3v) is 5.78.